The van der Waals surface area contributed by atoms with Crippen LogP contribution < -0.4 is 5.32 Å². The number of hydrogen-bond acceptors (Lipinski definition) is 3. The Hall–Kier alpha value is -2.14. The molecular weight excluding hydrogens is 314 g/mol. The molecule has 0 bridgehead atoms. The van der Waals surface area contributed by atoms with Gasteiger partial charge < -0.3 is 10.4 Å². The number of hydrogen-bond donors (Lipinski definition) is 3. The van der Waals surface area contributed by atoms with E-state index in [2.05, 4.69) is 27.6 Å². The van der Waals surface area contributed by atoms with Gasteiger partial charge >= 0.3 is 0 Å². The first-order valence-corrected chi connectivity index (χ1v) is 9.04. The van der Waals surface area contributed by atoms with E-state index in [1.165, 1.54) is 5.56 Å². The van der Waals surface area contributed by atoms with Crippen LogP contribution in [0.2, 0.25) is 0 Å². The fourth-order valence-corrected chi connectivity index (χ4v) is 3.45. The Labute approximate surface area is 148 Å². The lowest BCUT2D eigenvalue weighted by Crippen LogP contribution is -2.48. The molecule has 5 heteroatoms. The number of carbonyl (C=O) groups is 1. The molecule has 1 atom stereocenters. The van der Waals surface area contributed by atoms with E-state index in [9.17, 15) is 9.90 Å². The van der Waals surface area contributed by atoms with E-state index >= 15 is 0 Å². The second-order valence-corrected chi connectivity index (χ2v) is 7.17. The Morgan fingerprint density at radius 1 is 1.32 bits per heavy atom. The summed E-state index contributed by atoms with van der Waals surface area (Å²) in [6.45, 7) is 4.02. The van der Waals surface area contributed by atoms with Crippen LogP contribution in [0, 0.1) is 19.8 Å². The monoisotopic (exact) mass is 341 g/mol. The third-order valence-electron chi connectivity index (χ3n) is 5.31. The van der Waals surface area contributed by atoms with Gasteiger partial charge in [0.2, 0.25) is 5.91 Å². The molecule has 1 aromatic heterocycles. The van der Waals surface area contributed by atoms with Crippen molar-refractivity contribution in [3.8, 4) is 0 Å². The molecule has 1 aromatic carbocycles. The maximum Gasteiger partial charge on any atom is 0.220 e. The fourth-order valence-electron chi connectivity index (χ4n) is 3.45. The van der Waals surface area contributed by atoms with Crippen molar-refractivity contribution < 1.29 is 9.90 Å². The van der Waals surface area contributed by atoms with Crippen LogP contribution in [0.3, 0.4) is 0 Å². The number of H-pyrrole nitrogens is 1. The van der Waals surface area contributed by atoms with E-state index in [-0.39, 0.29) is 18.1 Å². The zero-order valence-corrected chi connectivity index (χ0v) is 15.0. The van der Waals surface area contributed by atoms with Gasteiger partial charge in [-0.05, 0) is 50.2 Å². The van der Waals surface area contributed by atoms with Gasteiger partial charge in [0.15, 0.2) is 0 Å². The van der Waals surface area contributed by atoms with E-state index in [0.717, 1.165) is 36.2 Å². The van der Waals surface area contributed by atoms with Crippen molar-refractivity contribution in [1.29, 1.82) is 0 Å². The Kier molecular flexibility index (Phi) is 5.53. The van der Waals surface area contributed by atoms with Crippen molar-refractivity contribution in [3.63, 3.8) is 0 Å². The molecule has 0 saturated heterocycles. The fraction of sp³-hybridized carbons (Fsp3) is 0.500. The number of aromatic amines is 1. The number of aliphatic hydroxyl groups is 1. The van der Waals surface area contributed by atoms with Gasteiger partial charge in [0.05, 0.1) is 11.8 Å². The van der Waals surface area contributed by atoms with Crippen LogP contribution in [0.25, 0.3) is 0 Å². The van der Waals surface area contributed by atoms with Gasteiger partial charge in [-0.2, -0.15) is 5.10 Å². The van der Waals surface area contributed by atoms with Gasteiger partial charge in [-0.25, -0.2) is 0 Å². The minimum absolute atomic E-state index is 0.0578. The topological polar surface area (TPSA) is 78.0 Å². The first kappa shape index (κ1) is 17.7. The predicted molar refractivity (Wildman–Crippen MR) is 97.2 cm³/mol. The number of nitrogens with one attached hydrogen (secondary N) is 2. The van der Waals surface area contributed by atoms with Crippen molar-refractivity contribution in [2.45, 2.75) is 58.1 Å². The lowest BCUT2D eigenvalue weighted by Gasteiger charge is -2.38. The van der Waals surface area contributed by atoms with Crippen LogP contribution in [-0.4, -0.2) is 33.4 Å². The summed E-state index contributed by atoms with van der Waals surface area (Å²) in [7, 11) is 0. The van der Waals surface area contributed by atoms with E-state index in [0.29, 0.717) is 18.8 Å². The minimum atomic E-state index is -0.213. The van der Waals surface area contributed by atoms with Crippen LogP contribution in [0.5, 0.6) is 0 Å². The summed E-state index contributed by atoms with van der Waals surface area (Å²) in [4.78, 5) is 12.4. The molecule has 2 aromatic rings. The van der Waals surface area contributed by atoms with Gasteiger partial charge in [-0.3, -0.25) is 9.89 Å². The second-order valence-electron chi connectivity index (χ2n) is 7.17. The van der Waals surface area contributed by atoms with Crippen LogP contribution in [0.15, 0.2) is 30.3 Å². The number of benzene rings is 1. The smallest absolute Gasteiger partial charge is 0.220 e. The summed E-state index contributed by atoms with van der Waals surface area (Å²) >= 11 is 0. The zero-order chi connectivity index (χ0) is 17.8. The first-order valence-electron chi connectivity index (χ1n) is 9.04. The maximum atomic E-state index is 12.4. The van der Waals surface area contributed by atoms with E-state index in [4.69, 9.17) is 0 Å². The lowest BCUT2D eigenvalue weighted by atomic mass is 9.75. The van der Waals surface area contributed by atoms with E-state index in [1.54, 1.807) is 0 Å². The number of rotatable bonds is 7. The van der Waals surface area contributed by atoms with Crippen LogP contribution in [0.4, 0.5) is 0 Å². The number of nitrogens with zero attached hydrogens (tertiary/aromatic N) is 1. The standard InChI is InChI=1S/C20H27N3O2/c1-13-14(2)22-23-18(13)8-9-20(25)21-19(16-11-17(24)12-16)10-15-6-4-3-5-7-15/h3-7,16-17,19,24H,8-12H2,1-2H3,(H,21,25)(H,22,23)/t16?,17?,19-/m1/s1. The molecule has 0 radical (unpaired) electrons. The second kappa shape index (κ2) is 7.83. The molecule has 1 amide bonds. The summed E-state index contributed by atoms with van der Waals surface area (Å²) < 4.78 is 0. The Bertz CT molecular complexity index is 705. The Balaban J connectivity index is 1.57. The molecule has 3 rings (SSSR count). The predicted octanol–water partition coefficient (Wildman–Crippen LogP) is 2.46. The van der Waals surface area contributed by atoms with Crippen molar-refractivity contribution in [3.05, 3.63) is 52.8 Å². The third kappa shape index (κ3) is 4.48. The van der Waals surface area contributed by atoms with Gasteiger partial charge in [0, 0.05) is 24.6 Å². The van der Waals surface area contributed by atoms with E-state index in [1.807, 2.05) is 32.0 Å². The lowest BCUT2D eigenvalue weighted by molar-refractivity contribution is -0.122. The van der Waals surface area contributed by atoms with E-state index < -0.39 is 0 Å². The molecule has 0 unspecified atom stereocenters. The molecule has 25 heavy (non-hydrogen) atoms. The molecule has 134 valence electrons. The quantitative estimate of drug-likeness (QED) is 0.724. The molecule has 1 aliphatic rings. The molecule has 1 heterocycles. The summed E-state index contributed by atoms with van der Waals surface area (Å²) in [5, 5.41) is 20.1. The SMILES string of the molecule is Cc1[nH]nc(CCC(=O)N[C@H](Cc2ccccc2)C2CC(O)C2)c1C. The molecule has 1 aliphatic carbocycles. The molecule has 1 saturated carbocycles. The summed E-state index contributed by atoms with van der Waals surface area (Å²) in [6.07, 6.45) is 3.23. The van der Waals surface area contributed by atoms with Crippen molar-refractivity contribution >= 4 is 5.91 Å². The highest BCUT2D eigenvalue weighted by molar-refractivity contribution is 5.76. The maximum absolute atomic E-state index is 12.4. The van der Waals surface area contributed by atoms with Gasteiger partial charge in [-0.15, -0.1) is 0 Å². The summed E-state index contributed by atoms with van der Waals surface area (Å²) in [5.41, 5.74) is 4.37. The average molecular weight is 341 g/mol. The van der Waals surface area contributed by atoms with Crippen LogP contribution >= 0.6 is 0 Å². The van der Waals surface area contributed by atoms with Gasteiger partial charge in [-0.1, -0.05) is 30.3 Å². The van der Waals surface area contributed by atoms with Crippen LogP contribution in [-0.2, 0) is 17.6 Å². The highest BCUT2D eigenvalue weighted by atomic mass is 16.3. The van der Waals surface area contributed by atoms with Crippen LogP contribution in [0.1, 0.15) is 41.8 Å². The summed E-state index contributed by atoms with van der Waals surface area (Å²) in [6, 6.07) is 10.3. The molecular formula is C20H27N3O2. The molecule has 1 fully saturated rings. The number of carbonyl (C=O) groups excluding carboxylic acids is 1. The number of aliphatic hydroxyl groups excluding tert-OH is 1. The molecule has 0 spiro atoms. The number of amides is 1. The van der Waals surface area contributed by atoms with Crippen molar-refractivity contribution in [1.82, 2.24) is 15.5 Å². The number of aromatic nitrogens is 2. The minimum Gasteiger partial charge on any atom is -0.393 e. The van der Waals surface area contributed by atoms with Crippen molar-refractivity contribution in [2.24, 2.45) is 5.92 Å². The highest BCUT2D eigenvalue weighted by Crippen LogP contribution is 2.31. The third-order valence-corrected chi connectivity index (χ3v) is 5.31. The normalized spacial score (nSPS) is 20.8. The zero-order valence-electron chi connectivity index (χ0n) is 15.0. The number of aryl methyl sites for hydroxylation is 2. The Morgan fingerprint density at radius 3 is 2.64 bits per heavy atom. The molecule has 0 aliphatic heterocycles. The largest absolute Gasteiger partial charge is 0.393 e. The highest BCUT2D eigenvalue weighted by Gasteiger charge is 2.34. The Morgan fingerprint density at radius 2 is 2.04 bits per heavy atom. The van der Waals surface area contributed by atoms with Gasteiger partial charge in [0.1, 0.15) is 0 Å². The first-order chi connectivity index (χ1) is 12.0. The molecule has 5 nitrogen and oxygen atoms in total. The summed E-state index contributed by atoms with van der Waals surface area (Å²) in [5.74, 6) is 0.413. The van der Waals surface area contributed by atoms with Crippen molar-refractivity contribution in [2.75, 3.05) is 0 Å². The van der Waals surface area contributed by atoms with Gasteiger partial charge in [0.25, 0.3) is 0 Å². The average Bonchev–Trinajstić information content (AvgIpc) is 2.89. The molecule has 3 N–H and O–H groups in total.